The molecule has 2 N–H and O–H groups in total. The first kappa shape index (κ1) is 17.2. The molecule has 1 aliphatic rings. The van der Waals surface area contributed by atoms with Crippen molar-refractivity contribution in [1.29, 1.82) is 0 Å². The molecule has 0 spiro atoms. The Labute approximate surface area is 146 Å². The normalized spacial score (nSPS) is 16.5. The summed E-state index contributed by atoms with van der Waals surface area (Å²) in [6.07, 6.45) is 2.13. The predicted octanol–water partition coefficient (Wildman–Crippen LogP) is 2.41. The molecular weight excluding hydrogens is 320 g/mol. The van der Waals surface area contributed by atoms with Crippen molar-refractivity contribution in [3.05, 3.63) is 47.3 Å². The second-order valence-electron chi connectivity index (χ2n) is 6.00. The van der Waals surface area contributed by atoms with Gasteiger partial charge >= 0.3 is 0 Å². The van der Waals surface area contributed by atoms with Crippen LogP contribution >= 0.6 is 0 Å². The van der Waals surface area contributed by atoms with Crippen LogP contribution in [0.25, 0.3) is 0 Å². The van der Waals surface area contributed by atoms with E-state index in [0.29, 0.717) is 23.9 Å². The van der Waals surface area contributed by atoms with Crippen LogP contribution in [-0.4, -0.2) is 35.2 Å². The number of hydrazine groups is 1. The molecule has 1 aromatic heterocycles. The van der Waals surface area contributed by atoms with Crippen LogP contribution < -0.4 is 15.6 Å². The van der Waals surface area contributed by atoms with Gasteiger partial charge in [-0.05, 0) is 44.9 Å². The number of aryl methyl sites for hydroxylation is 2. The lowest BCUT2D eigenvalue weighted by molar-refractivity contribution is 0.0671. The molecule has 2 heterocycles. The van der Waals surface area contributed by atoms with Gasteiger partial charge in [-0.1, -0.05) is 12.1 Å². The number of hydrogen-bond acceptors (Lipinski definition) is 6. The maximum absolute atomic E-state index is 12.5. The molecule has 1 aliphatic heterocycles. The summed E-state index contributed by atoms with van der Waals surface area (Å²) < 4.78 is 11.3. The van der Waals surface area contributed by atoms with E-state index < -0.39 is 0 Å². The molecule has 25 heavy (non-hydrogen) atoms. The van der Waals surface area contributed by atoms with Crippen LogP contribution in [0.3, 0.4) is 0 Å². The lowest BCUT2D eigenvalue weighted by atomic mass is 10.2. The number of amides is 1. The van der Waals surface area contributed by atoms with E-state index in [2.05, 4.69) is 20.8 Å². The number of nitrogens with zero attached hydrogens (tertiary/aromatic N) is 2. The minimum absolute atomic E-state index is 0.0953. The third-order valence-electron chi connectivity index (χ3n) is 3.85. The van der Waals surface area contributed by atoms with Crippen molar-refractivity contribution in [3.8, 4) is 5.75 Å². The van der Waals surface area contributed by atoms with Gasteiger partial charge in [0, 0.05) is 18.0 Å². The number of benzene rings is 1. The third kappa shape index (κ3) is 4.67. The van der Waals surface area contributed by atoms with E-state index in [9.17, 15) is 4.79 Å². The number of nitrogens with one attached hydrogen (secondary N) is 2. The molecule has 0 bridgehead atoms. The molecule has 1 atom stereocenters. The smallest absolute Gasteiger partial charge is 0.273 e. The van der Waals surface area contributed by atoms with E-state index in [0.717, 1.165) is 30.8 Å². The Morgan fingerprint density at radius 1 is 1.28 bits per heavy atom. The second-order valence-corrected chi connectivity index (χ2v) is 6.00. The van der Waals surface area contributed by atoms with Gasteiger partial charge in [-0.15, -0.1) is 0 Å². The van der Waals surface area contributed by atoms with Crippen molar-refractivity contribution in [2.24, 2.45) is 0 Å². The number of rotatable bonds is 6. The Bertz CT molecular complexity index is 725. The zero-order valence-corrected chi connectivity index (χ0v) is 14.4. The van der Waals surface area contributed by atoms with E-state index >= 15 is 0 Å². The summed E-state index contributed by atoms with van der Waals surface area (Å²) in [4.78, 5) is 20.9. The van der Waals surface area contributed by atoms with E-state index in [-0.39, 0.29) is 12.0 Å². The molecule has 7 nitrogen and oxygen atoms in total. The fourth-order valence-electron chi connectivity index (χ4n) is 2.70. The lowest BCUT2D eigenvalue weighted by Crippen LogP contribution is -2.31. The van der Waals surface area contributed by atoms with Crippen LogP contribution in [0, 0.1) is 13.8 Å². The van der Waals surface area contributed by atoms with Crippen LogP contribution in [-0.2, 0) is 4.74 Å². The van der Waals surface area contributed by atoms with Gasteiger partial charge in [-0.3, -0.25) is 15.6 Å². The zero-order chi connectivity index (χ0) is 17.6. The van der Waals surface area contributed by atoms with E-state index in [4.69, 9.17) is 9.47 Å². The molecule has 1 amide bonds. The van der Waals surface area contributed by atoms with Crippen LogP contribution in [0.4, 0.5) is 5.95 Å². The lowest BCUT2D eigenvalue weighted by Gasteiger charge is -2.15. The summed E-state index contributed by atoms with van der Waals surface area (Å²) in [7, 11) is 0. The van der Waals surface area contributed by atoms with E-state index in [1.807, 2.05) is 26.0 Å². The zero-order valence-electron chi connectivity index (χ0n) is 14.4. The number of aromatic nitrogens is 2. The first-order chi connectivity index (χ1) is 12.1. The number of hydrogen-bond donors (Lipinski definition) is 2. The average molecular weight is 342 g/mol. The monoisotopic (exact) mass is 342 g/mol. The summed E-state index contributed by atoms with van der Waals surface area (Å²) in [5.74, 6) is 0.563. The summed E-state index contributed by atoms with van der Waals surface area (Å²) in [6, 6.07) is 8.98. The molecule has 132 valence electrons. The maximum Gasteiger partial charge on any atom is 0.273 e. The fourth-order valence-corrected chi connectivity index (χ4v) is 2.70. The minimum atomic E-state index is -0.314. The number of para-hydroxylation sites is 1. The summed E-state index contributed by atoms with van der Waals surface area (Å²) >= 11 is 0. The van der Waals surface area contributed by atoms with Gasteiger partial charge in [-0.25, -0.2) is 9.97 Å². The van der Waals surface area contributed by atoms with Crippen molar-refractivity contribution < 1.29 is 14.3 Å². The molecule has 2 aromatic rings. The molecule has 0 unspecified atom stereocenters. The Morgan fingerprint density at radius 3 is 2.76 bits per heavy atom. The van der Waals surface area contributed by atoms with E-state index in [1.165, 1.54) is 0 Å². The maximum atomic E-state index is 12.5. The van der Waals surface area contributed by atoms with E-state index in [1.54, 1.807) is 18.2 Å². The first-order valence-electron chi connectivity index (χ1n) is 8.34. The molecule has 0 radical (unpaired) electrons. The van der Waals surface area contributed by atoms with Crippen molar-refractivity contribution in [2.75, 3.05) is 18.6 Å². The fraction of sp³-hybridized carbons (Fsp3) is 0.389. The Balaban J connectivity index is 1.63. The molecule has 0 aliphatic carbocycles. The molecular formula is C18H22N4O3. The molecule has 3 rings (SSSR count). The number of ether oxygens (including phenoxy) is 2. The van der Waals surface area contributed by atoms with Crippen molar-refractivity contribution in [3.63, 3.8) is 0 Å². The van der Waals surface area contributed by atoms with Gasteiger partial charge in [-0.2, -0.15) is 0 Å². The van der Waals surface area contributed by atoms with Crippen molar-refractivity contribution in [2.45, 2.75) is 32.8 Å². The van der Waals surface area contributed by atoms with Gasteiger partial charge in [0.05, 0.1) is 11.7 Å². The van der Waals surface area contributed by atoms with Crippen molar-refractivity contribution >= 4 is 11.9 Å². The Kier molecular flexibility index (Phi) is 5.45. The molecule has 1 aromatic carbocycles. The van der Waals surface area contributed by atoms with Crippen LogP contribution in [0.1, 0.15) is 34.6 Å². The number of carbonyl (C=O) groups excluding carboxylic acids is 1. The highest BCUT2D eigenvalue weighted by atomic mass is 16.5. The Hall–Kier alpha value is -2.67. The highest BCUT2D eigenvalue weighted by Gasteiger charge is 2.18. The van der Waals surface area contributed by atoms with Crippen LogP contribution in [0.15, 0.2) is 30.3 Å². The second kappa shape index (κ2) is 7.94. The third-order valence-corrected chi connectivity index (χ3v) is 3.85. The largest absolute Gasteiger partial charge is 0.490 e. The number of anilines is 1. The quantitative estimate of drug-likeness (QED) is 0.784. The van der Waals surface area contributed by atoms with Gasteiger partial charge in [0.2, 0.25) is 5.95 Å². The first-order valence-corrected chi connectivity index (χ1v) is 8.34. The van der Waals surface area contributed by atoms with Crippen molar-refractivity contribution in [1.82, 2.24) is 15.4 Å². The molecule has 7 heteroatoms. The molecule has 0 saturated carbocycles. The predicted molar refractivity (Wildman–Crippen MR) is 93.5 cm³/mol. The van der Waals surface area contributed by atoms with Crippen LogP contribution in [0.2, 0.25) is 0 Å². The average Bonchev–Trinajstić information content (AvgIpc) is 3.11. The Morgan fingerprint density at radius 2 is 2.04 bits per heavy atom. The van der Waals surface area contributed by atoms with Crippen LogP contribution in [0.5, 0.6) is 5.75 Å². The highest BCUT2D eigenvalue weighted by molar-refractivity contribution is 5.97. The van der Waals surface area contributed by atoms with Gasteiger partial charge in [0.15, 0.2) is 0 Å². The number of carbonyl (C=O) groups is 1. The molecule has 1 saturated heterocycles. The summed E-state index contributed by atoms with van der Waals surface area (Å²) in [5, 5.41) is 0. The van der Waals surface area contributed by atoms with Gasteiger partial charge in [0.25, 0.3) is 5.91 Å². The molecule has 1 fully saturated rings. The summed E-state index contributed by atoms with van der Waals surface area (Å²) in [5.41, 5.74) is 7.45. The standard InChI is InChI=1S/C18H22N4O3/c1-12-10-13(2)20-18(19-12)22-21-17(23)15-7-3-4-8-16(15)25-11-14-6-5-9-24-14/h3-4,7-8,10,14H,5-6,9,11H2,1-2H3,(H,21,23)(H,19,20,22)/t14-/m1/s1. The topological polar surface area (TPSA) is 85.4 Å². The minimum Gasteiger partial charge on any atom is -0.490 e. The summed E-state index contributed by atoms with van der Waals surface area (Å²) in [6.45, 7) is 4.96. The van der Waals surface area contributed by atoms with Gasteiger partial charge < -0.3 is 9.47 Å². The SMILES string of the molecule is Cc1cc(C)nc(NNC(=O)c2ccccc2OC[C@H]2CCCO2)n1. The van der Waals surface area contributed by atoms with Gasteiger partial charge in [0.1, 0.15) is 12.4 Å². The highest BCUT2D eigenvalue weighted by Crippen LogP contribution is 2.20.